The molecular weight excluding hydrogens is 352 g/mol. The quantitative estimate of drug-likeness (QED) is 0.557. The van der Waals surface area contributed by atoms with Crippen LogP contribution in [-0.4, -0.2) is 55.4 Å². The van der Waals surface area contributed by atoms with Crippen LogP contribution >= 0.6 is 0 Å². The van der Waals surface area contributed by atoms with Gasteiger partial charge in [0, 0.05) is 6.54 Å². The second-order valence-electron chi connectivity index (χ2n) is 6.31. The number of rotatable bonds is 8. The molecule has 1 aliphatic rings. The van der Waals surface area contributed by atoms with Gasteiger partial charge in [0.25, 0.3) is 5.91 Å². The van der Waals surface area contributed by atoms with Gasteiger partial charge in [-0.3, -0.25) is 19.3 Å². The van der Waals surface area contributed by atoms with Crippen LogP contribution in [0.1, 0.15) is 25.8 Å². The predicted octanol–water partition coefficient (Wildman–Crippen LogP) is 0.105. The van der Waals surface area contributed by atoms with Crippen molar-refractivity contribution in [3.63, 3.8) is 0 Å². The zero-order valence-electron chi connectivity index (χ0n) is 15.6. The van der Waals surface area contributed by atoms with E-state index in [1.807, 2.05) is 6.92 Å². The minimum atomic E-state index is -1.30. The maximum atomic E-state index is 12.8. The molecule has 3 N–H and O–H groups in total. The first-order chi connectivity index (χ1) is 12.8. The molecule has 1 atom stereocenters. The van der Waals surface area contributed by atoms with Crippen LogP contribution in [0.25, 0.3) is 0 Å². The first-order valence-corrected chi connectivity index (χ1v) is 8.63. The lowest BCUT2D eigenvalue weighted by atomic mass is 9.92. The summed E-state index contributed by atoms with van der Waals surface area (Å²) in [7, 11) is 1.50. The number of carbonyl (C=O) groups excluding carboxylic acids is 4. The van der Waals surface area contributed by atoms with E-state index < -0.39 is 29.9 Å². The molecule has 0 radical (unpaired) electrons. The third-order valence-electron chi connectivity index (χ3n) is 4.24. The maximum Gasteiger partial charge on any atom is 0.325 e. The van der Waals surface area contributed by atoms with Crippen LogP contribution in [-0.2, 0) is 19.9 Å². The van der Waals surface area contributed by atoms with Gasteiger partial charge in [0.15, 0.2) is 0 Å². The number of hydrogen-bond acceptors (Lipinski definition) is 5. The van der Waals surface area contributed by atoms with E-state index in [9.17, 15) is 19.2 Å². The monoisotopic (exact) mass is 376 g/mol. The molecule has 1 heterocycles. The lowest BCUT2D eigenvalue weighted by Gasteiger charge is -2.22. The summed E-state index contributed by atoms with van der Waals surface area (Å²) in [6.45, 7) is 3.31. The van der Waals surface area contributed by atoms with Gasteiger partial charge >= 0.3 is 6.03 Å². The number of carbonyl (C=O) groups is 4. The summed E-state index contributed by atoms with van der Waals surface area (Å²) in [5.41, 5.74) is -0.758. The van der Waals surface area contributed by atoms with E-state index in [0.29, 0.717) is 17.9 Å². The van der Waals surface area contributed by atoms with Crippen molar-refractivity contribution in [2.75, 3.05) is 26.7 Å². The molecule has 0 bridgehead atoms. The van der Waals surface area contributed by atoms with E-state index in [2.05, 4.69) is 16.0 Å². The van der Waals surface area contributed by atoms with Gasteiger partial charge in [-0.2, -0.15) is 0 Å². The summed E-state index contributed by atoms with van der Waals surface area (Å²) < 4.78 is 5.16. The van der Waals surface area contributed by atoms with Crippen molar-refractivity contribution in [3.8, 4) is 5.75 Å². The summed E-state index contributed by atoms with van der Waals surface area (Å²) >= 11 is 0. The third-order valence-corrected chi connectivity index (χ3v) is 4.24. The van der Waals surface area contributed by atoms with E-state index in [1.165, 1.54) is 7.11 Å². The minimum Gasteiger partial charge on any atom is -0.497 e. The SMILES string of the molecule is CCCNC(=O)CNC(=O)CN1C(=O)N[C@@](C)(c2cccc(OC)c2)C1=O. The Morgan fingerprint density at radius 1 is 1.22 bits per heavy atom. The van der Waals surface area contributed by atoms with Crippen molar-refractivity contribution in [3.05, 3.63) is 29.8 Å². The first kappa shape index (κ1) is 20.2. The Kier molecular flexibility index (Phi) is 6.38. The number of imide groups is 1. The van der Waals surface area contributed by atoms with Crippen LogP contribution in [0.3, 0.4) is 0 Å². The number of nitrogens with one attached hydrogen (secondary N) is 3. The molecule has 1 aromatic rings. The van der Waals surface area contributed by atoms with E-state index in [4.69, 9.17) is 4.74 Å². The van der Waals surface area contributed by atoms with Gasteiger partial charge in [-0.15, -0.1) is 0 Å². The predicted molar refractivity (Wildman–Crippen MR) is 96.9 cm³/mol. The molecule has 1 saturated heterocycles. The van der Waals surface area contributed by atoms with Crippen molar-refractivity contribution in [2.45, 2.75) is 25.8 Å². The Bertz CT molecular complexity index is 751. The second-order valence-corrected chi connectivity index (χ2v) is 6.31. The Morgan fingerprint density at radius 3 is 2.63 bits per heavy atom. The van der Waals surface area contributed by atoms with Crippen molar-refractivity contribution >= 4 is 23.8 Å². The highest BCUT2D eigenvalue weighted by Crippen LogP contribution is 2.30. The lowest BCUT2D eigenvalue weighted by Crippen LogP contribution is -2.45. The average molecular weight is 376 g/mol. The molecule has 1 fully saturated rings. The Labute approximate surface area is 157 Å². The number of ether oxygens (including phenoxy) is 1. The van der Waals surface area contributed by atoms with Gasteiger partial charge in [-0.1, -0.05) is 19.1 Å². The van der Waals surface area contributed by atoms with Gasteiger partial charge in [-0.25, -0.2) is 4.79 Å². The Hall–Kier alpha value is -3.10. The van der Waals surface area contributed by atoms with Crippen molar-refractivity contribution in [2.24, 2.45) is 0 Å². The second kappa shape index (κ2) is 8.52. The standard InChI is InChI=1S/C18H24N4O5/c1-4-8-19-14(23)10-20-15(24)11-22-16(25)18(2,21-17(22)26)12-6-5-7-13(9-12)27-3/h5-7,9H,4,8,10-11H2,1-3H3,(H,19,23)(H,20,24)(H,21,26)/t18-/m0/s1. The Balaban J connectivity index is 2.02. The summed E-state index contributed by atoms with van der Waals surface area (Å²) in [4.78, 5) is 49.4. The largest absolute Gasteiger partial charge is 0.497 e. The molecule has 1 aliphatic heterocycles. The van der Waals surface area contributed by atoms with Crippen LogP contribution in [0, 0.1) is 0 Å². The molecule has 0 aliphatic carbocycles. The summed E-state index contributed by atoms with van der Waals surface area (Å²) in [6, 6.07) is 6.12. The highest BCUT2D eigenvalue weighted by molar-refractivity contribution is 6.09. The number of benzene rings is 1. The summed E-state index contributed by atoms with van der Waals surface area (Å²) in [6.07, 6.45) is 0.783. The van der Waals surface area contributed by atoms with Crippen molar-refractivity contribution in [1.29, 1.82) is 0 Å². The van der Waals surface area contributed by atoms with E-state index >= 15 is 0 Å². The van der Waals surface area contributed by atoms with Crippen molar-refractivity contribution < 1.29 is 23.9 Å². The lowest BCUT2D eigenvalue weighted by molar-refractivity contribution is -0.135. The topological polar surface area (TPSA) is 117 Å². The third kappa shape index (κ3) is 4.55. The highest BCUT2D eigenvalue weighted by Gasteiger charge is 2.49. The van der Waals surface area contributed by atoms with Crippen LogP contribution in [0.5, 0.6) is 5.75 Å². The van der Waals surface area contributed by atoms with Gasteiger partial charge in [-0.05, 0) is 31.0 Å². The zero-order valence-corrected chi connectivity index (χ0v) is 15.6. The molecule has 146 valence electrons. The molecule has 0 spiro atoms. The van der Waals surface area contributed by atoms with Gasteiger partial charge < -0.3 is 20.7 Å². The van der Waals surface area contributed by atoms with Crippen LogP contribution < -0.4 is 20.7 Å². The van der Waals surface area contributed by atoms with Crippen LogP contribution in [0.2, 0.25) is 0 Å². The number of amides is 5. The maximum absolute atomic E-state index is 12.8. The van der Waals surface area contributed by atoms with Gasteiger partial charge in [0.2, 0.25) is 11.8 Å². The summed E-state index contributed by atoms with van der Waals surface area (Å²) in [5.74, 6) is -0.931. The smallest absolute Gasteiger partial charge is 0.325 e. The molecule has 0 saturated carbocycles. The minimum absolute atomic E-state index is 0.213. The number of hydrogen-bond donors (Lipinski definition) is 3. The number of urea groups is 1. The molecule has 9 heteroatoms. The zero-order chi connectivity index (χ0) is 20.0. The highest BCUT2D eigenvalue weighted by atomic mass is 16.5. The fraction of sp³-hybridized carbons (Fsp3) is 0.444. The molecule has 9 nitrogen and oxygen atoms in total. The normalized spacial score (nSPS) is 18.9. The Morgan fingerprint density at radius 2 is 1.96 bits per heavy atom. The molecular formula is C18H24N4O5. The van der Waals surface area contributed by atoms with E-state index in [1.54, 1.807) is 31.2 Å². The summed E-state index contributed by atoms with van der Waals surface area (Å²) in [5, 5.41) is 7.64. The van der Waals surface area contributed by atoms with Crippen LogP contribution in [0.4, 0.5) is 4.79 Å². The van der Waals surface area contributed by atoms with Gasteiger partial charge in [0.05, 0.1) is 13.7 Å². The first-order valence-electron chi connectivity index (χ1n) is 8.63. The molecule has 5 amide bonds. The molecule has 0 unspecified atom stereocenters. The number of nitrogens with zero attached hydrogens (tertiary/aromatic N) is 1. The van der Waals surface area contributed by atoms with E-state index in [-0.39, 0.29) is 12.5 Å². The van der Waals surface area contributed by atoms with Crippen LogP contribution in [0.15, 0.2) is 24.3 Å². The molecule has 27 heavy (non-hydrogen) atoms. The average Bonchev–Trinajstić information content (AvgIpc) is 2.88. The fourth-order valence-electron chi connectivity index (χ4n) is 2.68. The van der Waals surface area contributed by atoms with E-state index in [0.717, 1.165) is 11.3 Å². The molecule has 2 rings (SSSR count). The van der Waals surface area contributed by atoms with Gasteiger partial charge in [0.1, 0.15) is 17.8 Å². The molecule has 0 aromatic heterocycles. The molecule has 1 aromatic carbocycles. The fourth-order valence-corrected chi connectivity index (χ4v) is 2.68. The van der Waals surface area contributed by atoms with Crippen molar-refractivity contribution in [1.82, 2.24) is 20.9 Å². The number of methoxy groups -OCH3 is 1.